The van der Waals surface area contributed by atoms with Crippen LogP contribution in [0.3, 0.4) is 0 Å². The van der Waals surface area contributed by atoms with Crippen molar-refractivity contribution in [2.75, 3.05) is 28.4 Å². The van der Waals surface area contributed by atoms with E-state index in [1.807, 2.05) is 32.0 Å². The highest BCUT2D eigenvalue weighted by atomic mass is 19.1. The van der Waals surface area contributed by atoms with E-state index in [0.29, 0.717) is 41.2 Å². The maximum Gasteiger partial charge on any atom is 0.133 e. The summed E-state index contributed by atoms with van der Waals surface area (Å²) in [5.74, 6) is 1.66. The zero-order chi connectivity index (χ0) is 28.1. The molecule has 0 spiro atoms. The first-order chi connectivity index (χ1) is 18.1. The smallest absolute Gasteiger partial charge is 0.133 e. The van der Waals surface area contributed by atoms with Gasteiger partial charge in [0.05, 0.1) is 28.4 Å². The second-order valence-electron chi connectivity index (χ2n) is 10.2. The highest BCUT2D eigenvalue weighted by Crippen LogP contribution is 2.41. The average molecular weight is 527 g/mol. The van der Waals surface area contributed by atoms with Crippen LogP contribution in [-0.4, -0.2) is 28.4 Å². The van der Waals surface area contributed by atoms with Gasteiger partial charge in [0.2, 0.25) is 0 Å². The quantitative estimate of drug-likeness (QED) is 0.253. The summed E-state index contributed by atoms with van der Waals surface area (Å²) >= 11 is 0. The highest BCUT2D eigenvalue weighted by Gasteiger charge is 2.24. The van der Waals surface area contributed by atoms with Crippen molar-refractivity contribution in [3.63, 3.8) is 0 Å². The van der Waals surface area contributed by atoms with Crippen LogP contribution < -0.4 is 18.9 Å². The number of rotatable bonds is 11. The molecule has 6 heteroatoms. The molecule has 0 aliphatic carbocycles. The first kappa shape index (κ1) is 29.3. The second kappa shape index (κ2) is 12.5. The summed E-state index contributed by atoms with van der Waals surface area (Å²) in [5, 5.41) is 0. The van der Waals surface area contributed by atoms with Gasteiger partial charge in [0.25, 0.3) is 0 Å². The van der Waals surface area contributed by atoms with E-state index in [1.54, 1.807) is 14.2 Å². The molecule has 0 saturated heterocycles. The van der Waals surface area contributed by atoms with Crippen LogP contribution in [-0.2, 0) is 12.8 Å². The molecule has 4 nitrogen and oxygen atoms in total. The molecule has 0 aliphatic rings. The minimum Gasteiger partial charge on any atom is -0.496 e. The Morgan fingerprint density at radius 3 is 1.55 bits per heavy atom. The van der Waals surface area contributed by atoms with Gasteiger partial charge in [-0.25, -0.2) is 8.78 Å². The van der Waals surface area contributed by atoms with Gasteiger partial charge in [-0.3, -0.25) is 0 Å². The van der Waals surface area contributed by atoms with Crippen LogP contribution in [0.5, 0.6) is 23.0 Å². The summed E-state index contributed by atoms with van der Waals surface area (Å²) in [4.78, 5) is 0. The standard InChI is InChI=1S/C32H40F2O4/c1-18(2)29-25(35-6)13-11-23(32(29)34)15-19(3)30-21(5)22(10-12-26(30)36-7)14-20(4)31-27(37-8)16-24(33)17-28(31)38-9/h10-13,16-20H,14-15H2,1-9H3. The Balaban J connectivity index is 1.99. The van der Waals surface area contributed by atoms with Gasteiger partial charge in [0.15, 0.2) is 0 Å². The lowest BCUT2D eigenvalue weighted by molar-refractivity contribution is 0.374. The molecule has 0 saturated carbocycles. The topological polar surface area (TPSA) is 36.9 Å². The lowest BCUT2D eigenvalue weighted by atomic mass is 9.84. The van der Waals surface area contributed by atoms with Crippen LogP contribution in [0.15, 0.2) is 36.4 Å². The molecule has 3 aromatic rings. The first-order valence-electron chi connectivity index (χ1n) is 13.0. The van der Waals surface area contributed by atoms with Gasteiger partial charge in [0.1, 0.15) is 34.6 Å². The lowest BCUT2D eigenvalue weighted by Gasteiger charge is -2.24. The molecule has 0 aromatic heterocycles. The largest absolute Gasteiger partial charge is 0.496 e. The van der Waals surface area contributed by atoms with Crippen molar-refractivity contribution >= 4 is 0 Å². The average Bonchev–Trinajstić information content (AvgIpc) is 2.89. The zero-order valence-corrected chi connectivity index (χ0v) is 24.0. The minimum atomic E-state index is -0.405. The van der Waals surface area contributed by atoms with E-state index in [-0.39, 0.29) is 23.6 Å². The molecule has 0 aliphatic heterocycles. The molecule has 2 unspecified atom stereocenters. The van der Waals surface area contributed by atoms with Gasteiger partial charge in [-0.2, -0.15) is 0 Å². The van der Waals surface area contributed by atoms with E-state index in [1.165, 1.54) is 26.4 Å². The van der Waals surface area contributed by atoms with Crippen molar-refractivity contribution in [1.82, 2.24) is 0 Å². The Bertz CT molecular complexity index is 1240. The number of hydrogen-bond donors (Lipinski definition) is 0. The summed E-state index contributed by atoms with van der Waals surface area (Å²) in [6.07, 6.45) is 1.20. The summed E-state index contributed by atoms with van der Waals surface area (Å²) in [5.41, 5.74) is 5.36. The number of benzene rings is 3. The fraction of sp³-hybridized carbons (Fsp3) is 0.438. The molecule has 3 aromatic carbocycles. The Kier molecular flexibility index (Phi) is 9.64. The van der Waals surface area contributed by atoms with Crippen molar-refractivity contribution in [2.24, 2.45) is 0 Å². The molecule has 0 amide bonds. The fourth-order valence-electron chi connectivity index (χ4n) is 5.51. The van der Waals surface area contributed by atoms with Crippen molar-refractivity contribution in [3.8, 4) is 23.0 Å². The van der Waals surface area contributed by atoms with Crippen LogP contribution >= 0.6 is 0 Å². The minimum absolute atomic E-state index is 0.00161. The fourth-order valence-corrected chi connectivity index (χ4v) is 5.51. The highest BCUT2D eigenvalue weighted by molar-refractivity contribution is 5.51. The third kappa shape index (κ3) is 5.90. The number of ether oxygens (including phenoxy) is 4. The van der Waals surface area contributed by atoms with E-state index in [2.05, 4.69) is 26.8 Å². The van der Waals surface area contributed by atoms with Gasteiger partial charge >= 0.3 is 0 Å². The third-order valence-electron chi connectivity index (χ3n) is 7.37. The Morgan fingerprint density at radius 1 is 0.605 bits per heavy atom. The number of hydrogen-bond acceptors (Lipinski definition) is 4. The number of halogens is 2. The van der Waals surface area contributed by atoms with Crippen molar-refractivity contribution in [3.05, 3.63) is 81.4 Å². The van der Waals surface area contributed by atoms with Gasteiger partial charge in [0, 0.05) is 28.8 Å². The van der Waals surface area contributed by atoms with E-state index in [4.69, 9.17) is 18.9 Å². The van der Waals surface area contributed by atoms with Gasteiger partial charge in [-0.1, -0.05) is 39.8 Å². The summed E-state index contributed by atoms with van der Waals surface area (Å²) in [6.45, 7) is 10.2. The Labute approximate surface area is 225 Å². The van der Waals surface area contributed by atoms with E-state index in [9.17, 15) is 4.39 Å². The van der Waals surface area contributed by atoms with E-state index < -0.39 is 5.82 Å². The van der Waals surface area contributed by atoms with Crippen LogP contribution in [0.2, 0.25) is 0 Å². The van der Waals surface area contributed by atoms with Crippen LogP contribution in [0, 0.1) is 18.6 Å². The second-order valence-corrected chi connectivity index (χ2v) is 10.2. The predicted molar refractivity (Wildman–Crippen MR) is 149 cm³/mol. The molecule has 2 atom stereocenters. The van der Waals surface area contributed by atoms with Crippen LogP contribution in [0.4, 0.5) is 8.78 Å². The lowest BCUT2D eigenvalue weighted by Crippen LogP contribution is -2.10. The molecule has 0 radical (unpaired) electrons. The molecule has 38 heavy (non-hydrogen) atoms. The normalized spacial score (nSPS) is 12.8. The molecule has 3 rings (SSSR count). The molecule has 0 heterocycles. The summed E-state index contributed by atoms with van der Waals surface area (Å²) in [7, 11) is 6.30. The van der Waals surface area contributed by atoms with E-state index in [0.717, 1.165) is 28.0 Å². The molecule has 0 N–H and O–H groups in total. The van der Waals surface area contributed by atoms with Crippen LogP contribution in [0.25, 0.3) is 0 Å². The monoisotopic (exact) mass is 526 g/mol. The summed E-state index contributed by atoms with van der Waals surface area (Å²) in [6, 6.07) is 10.5. The molecular formula is C32H40F2O4. The molecule has 0 fully saturated rings. The Morgan fingerprint density at radius 2 is 1.05 bits per heavy atom. The van der Waals surface area contributed by atoms with Gasteiger partial charge in [-0.05, 0) is 66.3 Å². The van der Waals surface area contributed by atoms with Crippen molar-refractivity contribution in [1.29, 1.82) is 0 Å². The SMILES string of the molecule is COc1ccc(CC(C)c2c(OC)ccc(CC(C)c3c(OC)cc(F)cc3OC)c2C)c(F)c1C(C)C. The Hall–Kier alpha value is -3.28. The van der Waals surface area contributed by atoms with Crippen molar-refractivity contribution in [2.45, 2.75) is 65.2 Å². The first-order valence-corrected chi connectivity index (χ1v) is 13.0. The maximum atomic E-state index is 15.6. The maximum absolute atomic E-state index is 15.6. The third-order valence-corrected chi connectivity index (χ3v) is 7.37. The van der Waals surface area contributed by atoms with E-state index >= 15 is 4.39 Å². The summed E-state index contributed by atoms with van der Waals surface area (Å²) < 4.78 is 51.8. The van der Waals surface area contributed by atoms with Crippen LogP contribution in [0.1, 0.15) is 78.8 Å². The molecule has 206 valence electrons. The molecular weight excluding hydrogens is 486 g/mol. The van der Waals surface area contributed by atoms with Crippen molar-refractivity contribution < 1.29 is 27.7 Å². The molecule has 0 bridgehead atoms. The van der Waals surface area contributed by atoms with Gasteiger partial charge < -0.3 is 18.9 Å². The zero-order valence-electron chi connectivity index (χ0n) is 24.0. The van der Waals surface area contributed by atoms with Gasteiger partial charge in [-0.15, -0.1) is 0 Å². The predicted octanol–water partition coefficient (Wildman–Crippen LogP) is 8.12. The number of methoxy groups -OCH3 is 4.